The summed E-state index contributed by atoms with van der Waals surface area (Å²) in [4.78, 5) is 10.4. The second-order valence-corrected chi connectivity index (χ2v) is 3.47. The lowest BCUT2D eigenvalue weighted by Crippen LogP contribution is -2.22. The van der Waals surface area contributed by atoms with Gasteiger partial charge in [0.2, 0.25) is 5.91 Å². The van der Waals surface area contributed by atoms with Gasteiger partial charge < -0.3 is 11.1 Å². The van der Waals surface area contributed by atoms with Gasteiger partial charge in [-0.15, -0.1) is 0 Å². The van der Waals surface area contributed by atoms with Gasteiger partial charge in [-0.3, -0.25) is 4.79 Å². The van der Waals surface area contributed by atoms with Gasteiger partial charge in [0.25, 0.3) is 0 Å². The van der Waals surface area contributed by atoms with Crippen molar-refractivity contribution in [3.63, 3.8) is 0 Å². The van der Waals surface area contributed by atoms with Crippen LogP contribution in [0.5, 0.6) is 0 Å². The zero-order valence-electron chi connectivity index (χ0n) is 8.01. The van der Waals surface area contributed by atoms with E-state index >= 15 is 0 Å². The molecule has 1 rings (SSSR count). The number of allylic oxidation sites excluding steroid dienone is 1. The van der Waals surface area contributed by atoms with Crippen molar-refractivity contribution >= 4 is 5.91 Å². The van der Waals surface area contributed by atoms with Crippen LogP contribution in [0, 0.1) is 0 Å². The molecular formula is C10H18N2O. The number of rotatable bonds is 6. The molecule has 74 valence electrons. The Morgan fingerprint density at radius 1 is 1.54 bits per heavy atom. The summed E-state index contributed by atoms with van der Waals surface area (Å²) < 4.78 is 0. The second-order valence-electron chi connectivity index (χ2n) is 3.47. The predicted molar refractivity (Wildman–Crippen MR) is 53.2 cm³/mol. The Hall–Kier alpha value is -0.830. The molecule has 0 saturated carbocycles. The molecule has 0 fully saturated rings. The number of carbonyl (C=O) groups is 1. The molecule has 1 aliphatic rings. The highest BCUT2D eigenvalue weighted by atomic mass is 16.1. The van der Waals surface area contributed by atoms with Crippen LogP contribution < -0.4 is 11.1 Å². The SMILES string of the molecule is NC(=O)CCNCCC1=CCCC1. The topological polar surface area (TPSA) is 55.1 Å². The molecule has 13 heavy (non-hydrogen) atoms. The lowest BCUT2D eigenvalue weighted by atomic mass is 10.2. The lowest BCUT2D eigenvalue weighted by Gasteiger charge is -2.03. The highest BCUT2D eigenvalue weighted by molar-refractivity contribution is 5.73. The highest BCUT2D eigenvalue weighted by Crippen LogP contribution is 2.19. The summed E-state index contributed by atoms with van der Waals surface area (Å²) in [5.41, 5.74) is 6.57. The Balaban J connectivity index is 1.92. The molecule has 0 unspecified atom stereocenters. The van der Waals surface area contributed by atoms with E-state index in [0.717, 1.165) is 13.0 Å². The molecule has 3 heteroatoms. The van der Waals surface area contributed by atoms with Gasteiger partial charge >= 0.3 is 0 Å². The number of nitrogens with two attached hydrogens (primary N) is 1. The van der Waals surface area contributed by atoms with Crippen molar-refractivity contribution in [2.45, 2.75) is 32.1 Å². The van der Waals surface area contributed by atoms with Gasteiger partial charge in [0, 0.05) is 13.0 Å². The normalized spacial score (nSPS) is 15.8. The van der Waals surface area contributed by atoms with Gasteiger partial charge in [-0.1, -0.05) is 11.6 Å². The Bertz CT molecular complexity index is 199. The van der Waals surface area contributed by atoms with Crippen LogP contribution >= 0.6 is 0 Å². The molecule has 0 atom stereocenters. The van der Waals surface area contributed by atoms with Crippen LogP contribution in [0.15, 0.2) is 11.6 Å². The minimum atomic E-state index is -0.229. The van der Waals surface area contributed by atoms with Crippen LogP contribution in [0.1, 0.15) is 32.1 Å². The Kier molecular flexibility index (Phi) is 4.54. The van der Waals surface area contributed by atoms with Crippen molar-refractivity contribution in [3.8, 4) is 0 Å². The standard InChI is InChI=1S/C10H18N2O/c11-10(13)6-8-12-7-5-9-3-1-2-4-9/h3,12H,1-2,4-8H2,(H2,11,13). The molecule has 3 nitrogen and oxygen atoms in total. The van der Waals surface area contributed by atoms with E-state index in [4.69, 9.17) is 5.73 Å². The zero-order chi connectivity index (χ0) is 9.52. The molecule has 1 aliphatic carbocycles. The predicted octanol–water partition coefficient (Wildman–Crippen LogP) is 0.952. The first-order valence-electron chi connectivity index (χ1n) is 4.96. The molecule has 0 aromatic rings. The molecule has 3 N–H and O–H groups in total. The second kappa shape index (κ2) is 5.75. The molecule has 0 spiro atoms. The summed E-state index contributed by atoms with van der Waals surface area (Å²) in [6, 6.07) is 0. The van der Waals surface area contributed by atoms with Crippen molar-refractivity contribution in [2.24, 2.45) is 5.73 Å². The third-order valence-electron chi connectivity index (χ3n) is 2.31. The van der Waals surface area contributed by atoms with Gasteiger partial charge in [0.05, 0.1) is 0 Å². The molecule has 0 heterocycles. The number of amides is 1. The maximum atomic E-state index is 10.4. The largest absolute Gasteiger partial charge is 0.370 e. The van der Waals surface area contributed by atoms with Crippen molar-refractivity contribution in [3.05, 3.63) is 11.6 Å². The average molecular weight is 182 g/mol. The van der Waals surface area contributed by atoms with Crippen LogP contribution in [0.25, 0.3) is 0 Å². The quantitative estimate of drug-likeness (QED) is 0.474. The summed E-state index contributed by atoms with van der Waals surface area (Å²) in [7, 11) is 0. The van der Waals surface area contributed by atoms with Crippen LogP contribution in [0.2, 0.25) is 0 Å². The first-order chi connectivity index (χ1) is 6.29. The summed E-state index contributed by atoms with van der Waals surface area (Å²) >= 11 is 0. The summed E-state index contributed by atoms with van der Waals surface area (Å²) in [5, 5.41) is 3.20. The van der Waals surface area contributed by atoms with Crippen LogP contribution in [0.3, 0.4) is 0 Å². The molecule has 0 aliphatic heterocycles. The van der Waals surface area contributed by atoms with Gasteiger partial charge in [-0.05, 0) is 32.2 Å². The van der Waals surface area contributed by atoms with Crippen LogP contribution in [-0.4, -0.2) is 19.0 Å². The number of hydrogen-bond donors (Lipinski definition) is 2. The molecule has 0 aromatic heterocycles. The fourth-order valence-electron chi connectivity index (χ4n) is 1.55. The molecule has 0 bridgehead atoms. The monoisotopic (exact) mass is 182 g/mol. The third-order valence-corrected chi connectivity index (χ3v) is 2.31. The van der Waals surface area contributed by atoms with Gasteiger partial charge in [-0.25, -0.2) is 0 Å². The Morgan fingerprint density at radius 2 is 2.38 bits per heavy atom. The lowest BCUT2D eigenvalue weighted by molar-refractivity contribution is -0.117. The fourth-order valence-corrected chi connectivity index (χ4v) is 1.55. The minimum absolute atomic E-state index is 0.229. The maximum Gasteiger partial charge on any atom is 0.218 e. The van der Waals surface area contributed by atoms with Crippen LogP contribution in [-0.2, 0) is 4.79 Å². The summed E-state index contributed by atoms with van der Waals surface area (Å²) in [6.45, 7) is 1.68. The van der Waals surface area contributed by atoms with Crippen molar-refractivity contribution < 1.29 is 4.79 Å². The van der Waals surface area contributed by atoms with Crippen LogP contribution in [0.4, 0.5) is 0 Å². The molecule has 0 saturated heterocycles. The first-order valence-corrected chi connectivity index (χ1v) is 4.96. The van der Waals surface area contributed by atoms with Gasteiger partial charge in [0.15, 0.2) is 0 Å². The highest BCUT2D eigenvalue weighted by Gasteiger charge is 2.03. The number of primary amides is 1. The number of nitrogens with one attached hydrogen (secondary N) is 1. The fraction of sp³-hybridized carbons (Fsp3) is 0.700. The van der Waals surface area contributed by atoms with E-state index < -0.39 is 0 Å². The molecule has 1 amide bonds. The zero-order valence-corrected chi connectivity index (χ0v) is 8.01. The summed E-state index contributed by atoms with van der Waals surface area (Å²) in [6.07, 6.45) is 7.72. The van der Waals surface area contributed by atoms with E-state index in [1.165, 1.54) is 19.3 Å². The van der Waals surface area contributed by atoms with Crippen molar-refractivity contribution in [1.29, 1.82) is 0 Å². The van der Waals surface area contributed by atoms with Gasteiger partial charge in [-0.2, -0.15) is 0 Å². The number of carbonyl (C=O) groups excluding carboxylic acids is 1. The Morgan fingerprint density at radius 3 is 3.00 bits per heavy atom. The molecule has 0 aromatic carbocycles. The first kappa shape index (κ1) is 10.3. The van der Waals surface area contributed by atoms with Crippen molar-refractivity contribution in [1.82, 2.24) is 5.32 Å². The van der Waals surface area contributed by atoms with E-state index in [2.05, 4.69) is 11.4 Å². The molecular weight excluding hydrogens is 164 g/mol. The van der Waals surface area contributed by atoms with E-state index in [0.29, 0.717) is 13.0 Å². The molecule has 0 radical (unpaired) electrons. The van der Waals surface area contributed by atoms with E-state index in [1.54, 1.807) is 5.57 Å². The van der Waals surface area contributed by atoms with E-state index in [1.807, 2.05) is 0 Å². The van der Waals surface area contributed by atoms with E-state index in [9.17, 15) is 4.79 Å². The maximum absolute atomic E-state index is 10.4. The summed E-state index contributed by atoms with van der Waals surface area (Å²) in [5.74, 6) is -0.229. The smallest absolute Gasteiger partial charge is 0.218 e. The third kappa shape index (κ3) is 4.68. The van der Waals surface area contributed by atoms with Gasteiger partial charge in [0.1, 0.15) is 0 Å². The number of hydrogen-bond acceptors (Lipinski definition) is 2. The minimum Gasteiger partial charge on any atom is -0.370 e. The van der Waals surface area contributed by atoms with E-state index in [-0.39, 0.29) is 5.91 Å². The average Bonchev–Trinajstić information content (AvgIpc) is 2.55. The Labute approximate surface area is 79.4 Å². The van der Waals surface area contributed by atoms with Crippen molar-refractivity contribution in [2.75, 3.05) is 13.1 Å².